The topological polar surface area (TPSA) is 27.7 Å². The molecule has 3 saturated heterocycles. The van der Waals surface area contributed by atoms with Gasteiger partial charge in [0, 0.05) is 0 Å². The van der Waals surface area contributed by atoms with E-state index in [0.29, 0.717) is 36.6 Å². The van der Waals surface area contributed by atoms with Crippen LogP contribution in [0.25, 0.3) is 10.8 Å². The van der Waals surface area contributed by atoms with Gasteiger partial charge in [-0.25, -0.2) is 0 Å². The van der Waals surface area contributed by atoms with Gasteiger partial charge in [0.15, 0.2) is 0 Å². The highest BCUT2D eigenvalue weighted by atomic mass is 16.5. The molecule has 6 aliphatic heterocycles. The molecule has 6 aliphatic rings. The highest BCUT2D eigenvalue weighted by molar-refractivity contribution is 5.95. The van der Waals surface area contributed by atoms with Crippen LogP contribution in [0.1, 0.15) is 109 Å². The molecule has 0 spiro atoms. The van der Waals surface area contributed by atoms with Crippen LogP contribution in [0.3, 0.4) is 0 Å². The fraction of sp³-hybridized carbons (Fsp3) is 0.545. The van der Waals surface area contributed by atoms with Crippen molar-refractivity contribution >= 4 is 10.8 Å². The maximum Gasteiger partial charge on any atom is 0.0844 e. The van der Waals surface area contributed by atoms with E-state index in [1.54, 1.807) is 0 Å². The summed E-state index contributed by atoms with van der Waals surface area (Å²) in [6, 6.07) is 4.95. The van der Waals surface area contributed by atoms with E-state index in [4.69, 9.17) is 14.2 Å². The second kappa shape index (κ2) is 3.95. The average Bonchev–Trinajstić information content (AvgIpc) is 3.48. The first-order chi connectivity index (χ1) is 12.4. The SMILES string of the molecule is c1c2c(cc3c4c(c5c(c13)C1CCC5O1)C1CCC4O1)C1CCC2O1. The van der Waals surface area contributed by atoms with Crippen LogP contribution in [-0.2, 0) is 14.2 Å². The Morgan fingerprint density at radius 2 is 0.840 bits per heavy atom. The van der Waals surface area contributed by atoms with Gasteiger partial charge in [-0.2, -0.15) is 0 Å². The summed E-state index contributed by atoms with van der Waals surface area (Å²) >= 11 is 0. The molecule has 0 radical (unpaired) electrons. The van der Waals surface area contributed by atoms with E-state index in [-0.39, 0.29) is 0 Å². The lowest BCUT2D eigenvalue weighted by molar-refractivity contribution is 0.0638. The molecule has 3 nitrogen and oxygen atoms in total. The van der Waals surface area contributed by atoms with Gasteiger partial charge in [-0.15, -0.1) is 0 Å². The van der Waals surface area contributed by atoms with Crippen LogP contribution in [0.2, 0.25) is 0 Å². The fourth-order valence-corrected chi connectivity index (χ4v) is 6.82. The van der Waals surface area contributed by atoms with Gasteiger partial charge >= 0.3 is 0 Å². The van der Waals surface area contributed by atoms with Crippen LogP contribution in [0.15, 0.2) is 12.1 Å². The van der Waals surface area contributed by atoms with Crippen LogP contribution in [0.4, 0.5) is 0 Å². The first kappa shape index (κ1) is 12.9. The monoisotopic (exact) mass is 332 g/mol. The van der Waals surface area contributed by atoms with Gasteiger partial charge in [0.1, 0.15) is 0 Å². The number of fused-ring (bicyclic) bond motifs is 19. The van der Waals surface area contributed by atoms with Crippen LogP contribution < -0.4 is 0 Å². The third kappa shape index (κ3) is 1.31. The van der Waals surface area contributed by atoms with Crippen molar-refractivity contribution in [2.75, 3.05) is 0 Å². The van der Waals surface area contributed by atoms with Crippen LogP contribution >= 0.6 is 0 Å². The number of rotatable bonds is 0. The summed E-state index contributed by atoms with van der Waals surface area (Å²) in [6.07, 6.45) is 9.04. The number of hydrogen-bond acceptors (Lipinski definition) is 3. The van der Waals surface area contributed by atoms with E-state index < -0.39 is 0 Å². The molecule has 0 aromatic heterocycles. The third-order valence-corrected chi connectivity index (χ3v) is 7.71. The number of benzene rings is 2. The highest BCUT2D eigenvalue weighted by Gasteiger charge is 2.49. The molecule has 0 N–H and O–H groups in total. The summed E-state index contributed by atoms with van der Waals surface area (Å²) in [7, 11) is 0. The highest BCUT2D eigenvalue weighted by Crippen LogP contribution is 2.63. The van der Waals surface area contributed by atoms with E-state index >= 15 is 0 Å². The number of ether oxygens (including phenoxy) is 3. The largest absolute Gasteiger partial charge is 0.366 e. The van der Waals surface area contributed by atoms with Crippen LogP contribution in [-0.4, -0.2) is 0 Å². The summed E-state index contributed by atoms with van der Waals surface area (Å²) in [5.41, 5.74) is 8.97. The maximum absolute atomic E-state index is 6.38. The Labute approximate surface area is 146 Å². The summed E-state index contributed by atoms with van der Waals surface area (Å²) < 4.78 is 19.0. The van der Waals surface area contributed by atoms with Crippen molar-refractivity contribution < 1.29 is 14.2 Å². The lowest BCUT2D eigenvalue weighted by Gasteiger charge is -2.25. The first-order valence-corrected chi connectivity index (χ1v) is 10.0. The Bertz CT molecular complexity index is 914. The smallest absolute Gasteiger partial charge is 0.0844 e. The minimum atomic E-state index is 0.310. The molecule has 3 fully saturated rings. The lowest BCUT2D eigenvalue weighted by Crippen LogP contribution is -2.10. The Hall–Kier alpha value is -1.42. The van der Waals surface area contributed by atoms with Crippen LogP contribution in [0, 0.1) is 0 Å². The predicted octanol–water partition coefficient (Wildman–Crippen LogP) is 5.56. The van der Waals surface area contributed by atoms with Gasteiger partial charge < -0.3 is 14.2 Å². The lowest BCUT2D eigenvalue weighted by atomic mass is 9.75. The molecular formula is C22H20O3. The standard InChI is InChI=1S/C22H20O3/c1-2-14-10-8-12-11(7-9(10)13(1)23-14)19-15-3-5-17(24-15)21(19)22-18-6-4-16(25-18)20(12)22/h7-8,13-18H,1-6H2. The zero-order chi connectivity index (χ0) is 15.9. The van der Waals surface area contributed by atoms with Gasteiger partial charge in [0.25, 0.3) is 0 Å². The Balaban J connectivity index is 1.55. The van der Waals surface area contributed by atoms with E-state index in [0.717, 1.165) is 0 Å². The van der Waals surface area contributed by atoms with Gasteiger partial charge in [-0.3, -0.25) is 0 Å². The second-order valence-corrected chi connectivity index (χ2v) is 8.75. The van der Waals surface area contributed by atoms with E-state index in [9.17, 15) is 0 Å². The zero-order valence-electron chi connectivity index (χ0n) is 14.1. The van der Waals surface area contributed by atoms with Crippen molar-refractivity contribution in [2.24, 2.45) is 0 Å². The molecule has 6 atom stereocenters. The first-order valence-electron chi connectivity index (χ1n) is 10.0. The molecule has 3 heteroatoms. The summed E-state index contributed by atoms with van der Waals surface area (Å²) in [5.74, 6) is 0. The molecule has 126 valence electrons. The summed E-state index contributed by atoms with van der Waals surface area (Å²) in [6.45, 7) is 0. The molecule has 0 saturated carbocycles. The second-order valence-electron chi connectivity index (χ2n) is 8.75. The van der Waals surface area contributed by atoms with E-state index in [1.807, 2.05) is 0 Å². The fourth-order valence-electron chi connectivity index (χ4n) is 6.82. The molecule has 0 aliphatic carbocycles. The Morgan fingerprint density at radius 1 is 0.480 bits per heavy atom. The average molecular weight is 332 g/mol. The van der Waals surface area contributed by atoms with Gasteiger partial charge in [0.2, 0.25) is 0 Å². The van der Waals surface area contributed by atoms with Crippen molar-refractivity contribution in [3.05, 3.63) is 45.5 Å². The van der Waals surface area contributed by atoms with Crippen molar-refractivity contribution in [3.8, 4) is 0 Å². The molecule has 2 aromatic rings. The Kier molecular flexibility index (Phi) is 2.03. The van der Waals surface area contributed by atoms with Crippen molar-refractivity contribution in [1.29, 1.82) is 0 Å². The normalized spacial score (nSPS) is 41.0. The summed E-state index contributed by atoms with van der Waals surface area (Å²) in [4.78, 5) is 0. The van der Waals surface area contributed by atoms with Crippen molar-refractivity contribution in [3.63, 3.8) is 0 Å². The molecule has 2 aromatic carbocycles. The molecule has 25 heavy (non-hydrogen) atoms. The summed E-state index contributed by atoms with van der Waals surface area (Å²) in [5, 5.41) is 2.90. The van der Waals surface area contributed by atoms with Gasteiger partial charge in [0.05, 0.1) is 36.6 Å². The molecule has 6 unspecified atom stereocenters. The molecule has 6 bridgehead atoms. The molecule has 0 amide bonds. The van der Waals surface area contributed by atoms with Crippen molar-refractivity contribution in [2.45, 2.75) is 75.1 Å². The maximum atomic E-state index is 6.38. The van der Waals surface area contributed by atoms with Crippen LogP contribution in [0.5, 0.6) is 0 Å². The van der Waals surface area contributed by atoms with Gasteiger partial charge in [-0.1, -0.05) is 0 Å². The quantitative estimate of drug-likeness (QED) is 0.632. The van der Waals surface area contributed by atoms with Crippen molar-refractivity contribution in [1.82, 2.24) is 0 Å². The minimum Gasteiger partial charge on any atom is -0.366 e. The third-order valence-electron chi connectivity index (χ3n) is 7.71. The predicted molar refractivity (Wildman–Crippen MR) is 91.4 cm³/mol. The van der Waals surface area contributed by atoms with Gasteiger partial charge in [-0.05, 0) is 94.8 Å². The van der Waals surface area contributed by atoms with E-state index in [2.05, 4.69) is 12.1 Å². The number of hydrogen-bond donors (Lipinski definition) is 0. The minimum absolute atomic E-state index is 0.310. The van der Waals surface area contributed by atoms with E-state index in [1.165, 1.54) is 82.7 Å². The molecular weight excluding hydrogens is 312 g/mol. The Morgan fingerprint density at radius 3 is 1.32 bits per heavy atom. The zero-order valence-corrected chi connectivity index (χ0v) is 14.1. The molecule has 6 heterocycles. The molecule has 8 rings (SSSR count).